The number of fused-ring (bicyclic) bond motifs is 1. The molecule has 0 saturated carbocycles. The Bertz CT molecular complexity index is 1440. The van der Waals surface area contributed by atoms with Crippen molar-refractivity contribution in [1.29, 1.82) is 0 Å². The Balaban J connectivity index is 1.62. The first-order valence-corrected chi connectivity index (χ1v) is 12.0. The number of nitrogens with zero attached hydrogens (tertiary/aromatic N) is 2. The minimum atomic E-state index is -0.421. The van der Waals surface area contributed by atoms with Gasteiger partial charge < -0.3 is 14.7 Å². The molecule has 1 aliphatic heterocycles. The molecule has 0 radical (unpaired) electrons. The summed E-state index contributed by atoms with van der Waals surface area (Å²) < 4.78 is 5.65. The molecule has 1 atom stereocenters. The predicted molar refractivity (Wildman–Crippen MR) is 140 cm³/mol. The van der Waals surface area contributed by atoms with E-state index in [1.807, 2.05) is 67.3 Å². The third kappa shape index (κ3) is 4.25. The Labute approximate surface area is 214 Å². The summed E-state index contributed by atoms with van der Waals surface area (Å²) in [4.78, 5) is 15.5. The number of H-pyrrole nitrogens is 1. The third-order valence-corrected chi connectivity index (χ3v) is 6.84. The summed E-state index contributed by atoms with van der Waals surface area (Å²) in [7, 11) is 0. The van der Waals surface area contributed by atoms with Gasteiger partial charge in [0.15, 0.2) is 0 Å². The molecule has 0 fully saturated rings. The Morgan fingerprint density at radius 2 is 1.86 bits per heavy atom. The average molecular weight is 500 g/mol. The van der Waals surface area contributed by atoms with E-state index in [-0.39, 0.29) is 11.7 Å². The molecule has 0 spiro atoms. The summed E-state index contributed by atoms with van der Waals surface area (Å²) in [5, 5.41) is 18.6. The summed E-state index contributed by atoms with van der Waals surface area (Å²) in [6.07, 6.45) is 1.69. The number of carbonyl (C=O) groups excluding carboxylic acids is 1. The number of aromatic hydroxyl groups is 1. The molecule has 7 heteroatoms. The van der Waals surface area contributed by atoms with E-state index in [9.17, 15) is 9.90 Å². The lowest BCUT2D eigenvalue weighted by molar-refractivity contribution is 0.0730. The predicted octanol–water partition coefficient (Wildman–Crippen LogP) is 6.36. The van der Waals surface area contributed by atoms with Gasteiger partial charge in [0.1, 0.15) is 29.5 Å². The molecule has 2 heterocycles. The molecule has 182 valence electrons. The topological polar surface area (TPSA) is 78.5 Å². The van der Waals surface area contributed by atoms with Gasteiger partial charge in [-0.05, 0) is 54.8 Å². The van der Waals surface area contributed by atoms with Crippen LogP contribution in [0.3, 0.4) is 0 Å². The number of aromatic nitrogens is 2. The van der Waals surface area contributed by atoms with Gasteiger partial charge >= 0.3 is 0 Å². The summed E-state index contributed by atoms with van der Waals surface area (Å²) in [5.74, 6) is 0.616. The number of hydrogen-bond donors (Lipinski definition) is 2. The number of halogens is 1. The molecule has 1 unspecified atom stereocenters. The number of ether oxygens (including phenoxy) is 1. The second-order valence-corrected chi connectivity index (χ2v) is 9.38. The molecule has 0 bridgehead atoms. The zero-order valence-electron chi connectivity index (χ0n) is 20.1. The Kier molecular flexibility index (Phi) is 6.29. The lowest BCUT2D eigenvalue weighted by atomic mass is 9.95. The van der Waals surface area contributed by atoms with Gasteiger partial charge in [-0.2, -0.15) is 5.10 Å². The maximum absolute atomic E-state index is 13.6. The monoisotopic (exact) mass is 499 g/mol. The van der Waals surface area contributed by atoms with Gasteiger partial charge in [0, 0.05) is 22.7 Å². The lowest BCUT2D eigenvalue weighted by Gasteiger charge is -2.27. The van der Waals surface area contributed by atoms with Crippen LogP contribution in [0.15, 0.2) is 73.3 Å². The number of carbonyl (C=O) groups is 1. The van der Waals surface area contributed by atoms with Crippen molar-refractivity contribution in [2.75, 3.05) is 6.61 Å². The van der Waals surface area contributed by atoms with E-state index in [2.05, 4.69) is 16.8 Å². The molecule has 3 aromatic carbocycles. The molecule has 5 rings (SSSR count). The first-order valence-electron chi connectivity index (χ1n) is 11.6. The van der Waals surface area contributed by atoms with Crippen molar-refractivity contribution in [3.05, 3.63) is 112 Å². The Morgan fingerprint density at radius 3 is 2.56 bits per heavy atom. The molecular formula is C29H26ClN3O3. The van der Waals surface area contributed by atoms with Crippen LogP contribution < -0.4 is 4.74 Å². The highest BCUT2D eigenvalue weighted by Crippen LogP contribution is 2.46. The fraction of sp³-hybridized carbons (Fsp3) is 0.172. The number of aryl methyl sites for hydroxylation is 2. The normalized spacial score (nSPS) is 14.7. The standard InChI is InChI=1S/C29H26ClN3O3/c1-4-13-36-21-11-9-20(10-12-21)28-25-26(22-15-23(30)18(3)14-24(22)34)31-32-27(25)29(35)33(28)16-19-7-5-17(2)6-8-19/h4-12,14-15,28,34H,1,13,16H2,2-3H3,(H,31,32). The van der Waals surface area contributed by atoms with Gasteiger partial charge in [0.25, 0.3) is 5.91 Å². The van der Waals surface area contributed by atoms with Crippen LogP contribution in [0.2, 0.25) is 5.02 Å². The summed E-state index contributed by atoms with van der Waals surface area (Å²) in [5.41, 5.74) is 5.93. The van der Waals surface area contributed by atoms with Crippen LogP contribution in [0, 0.1) is 13.8 Å². The molecule has 0 saturated heterocycles. The highest BCUT2D eigenvalue weighted by molar-refractivity contribution is 6.31. The zero-order valence-corrected chi connectivity index (χ0v) is 20.8. The number of hydrogen-bond acceptors (Lipinski definition) is 4. The van der Waals surface area contributed by atoms with Crippen LogP contribution in [-0.4, -0.2) is 32.7 Å². The SMILES string of the molecule is C=CCOc1ccc(C2c3c(-c4cc(Cl)c(C)cc4O)n[nH]c3C(=O)N2Cc2ccc(C)cc2)cc1. The molecule has 1 aromatic heterocycles. The van der Waals surface area contributed by atoms with Crippen LogP contribution in [0.25, 0.3) is 11.3 Å². The minimum absolute atomic E-state index is 0.0579. The molecule has 4 aromatic rings. The van der Waals surface area contributed by atoms with Crippen molar-refractivity contribution in [3.8, 4) is 22.8 Å². The molecule has 2 N–H and O–H groups in total. The fourth-order valence-electron chi connectivity index (χ4n) is 4.56. The molecule has 1 aliphatic rings. The zero-order chi connectivity index (χ0) is 25.4. The number of rotatable bonds is 7. The maximum Gasteiger partial charge on any atom is 0.273 e. The number of nitrogens with one attached hydrogen (secondary N) is 1. The number of amides is 1. The second kappa shape index (κ2) is 9.55. The van der Waals surface area contributed by atoms with Crippen molar-refractivity contribution in [1.82, 2.24) is 15.1 Å². The van der Waals surface area contributed by atoms with Crippen LogP contribution in [0.5, 0.6) is 11.5 Å². The van der Waals surface area contributed by atoms with E-state index < -0.39 is 6.04 Å². The quantitative estimate of drug-likeness (QED) is 0.290. The van der Waals surface area contributed by atoms with Crippen molar-refractivity contribution >= 4 is 17.5 Å². The van der Waals surface area contributed by atoms with Gasteiger partial charge in [-0.3, -0.25) is 9.89 Å². The van der Waals surface area contributed by atoms with Gasteiger partial charge in [-0.15, -0.1) is 0 Å². The van der Waals surface area contributed by atoms with Crippen molar-refractivity contribution in [2.24, 2.45) is 0 Å². The van der Waals surface area contributed by atoms with Crippen LogP contribution in [-0.2, 0) is 6.54 Å². The third-order valence-electron chi connectivity index (χ3n) is 6.43. The Hall–Kier alpha value is -4.03. The van der Waals surface area contributed by atoms with Crippen LogP contribution in [0.1, 0.15) is 44.3 Å². The molecule has 6 nitrogen and oxygen atoms in total. The largest absolute Gasteiger partial charge is 0.507 e. The number of phenols is 1. The minimum Gasteiger partial charge on any atom is -0.507 e. The molecule has 36 heavy (non-hydrogen) atoms. The van der Waals surface area contributed by atoms with E-state index in [4.69, 9.17) is 16.3 Å². The van der Waals surface area contributed by atoms with E-state index in [0.29, 0.717) is 46.4 Å². The second-order valence-electron chi connectivity index (χ2n) is 8.97. The van der Waals surface area contributed by atoms with Crippen LogP contribution >= 0.6 is 11.6 Å². The van der Waals surface area contributed by atoms with Crippen LogP contribution in [0.4, 0.5) is 0 Å². The highest BCUT2D eigenvalue weighted by Gasteiger charge is 2.42. The molecule has 0 aliphatic carbocycles. The number of benzene rings is 3. The first-order chi connectivity index (χ1) is 17.4. The smallest absolute Gasteiger partial charge is 0.273 e. The fourth-order valence-corrected chi connectivity index (χ4v) is 4.72. The maximum atomic E-state index is 13.6. The van der Waals surface area contributed by atoms with E-state index in [0.717, 1.165) is 22.3 Å². The summed E-state index contributed by atoms with van der Waals surface area (Å²) in [6.45, 7) is 8.37. The van der Waals surface area contributed by atoms with Crippen molar-refractivity contribution in [3.63, 3.8) is 0 Å². The first kappa shape index (κ1) is 23.7. The summed E-state index contributed by atoms with van der Waals surface area (Å²) >= 11 is 6.40. The van der Waals surface area contributed by atoms with Gasteiger partial charge in [0.2, 0.25) is 0 Å². The van der Waals surface area contributed by atoms with E-state index >= 15 is 0 Å². The number of aromatic amines is 1. The molecule has 1 amide bonds. The van der Waals surface area contributed by atoms with Gasteiger partial charge in [-0.25, -0.2) is 0 Å². The summed E-state index contributed by atoms with van der Waals surface area (Å²) in [6, 6.07) is 18.7. The van der Waals surface area contributed by atoms with Gasteiger partial charge in [0.05, 0.1) is 6.04 Å². The van der Waals surface area contributed by atoms with E-state index in [1.165, 1.54) is 0 Å². The highest BCUT2D eigenvalue weighted by atomic mass is 35.5. The lowest BCUT2D eigenvalue weighted by Crippen LogP contribution is -2.29. The molecular weight excluding hydrogens is 474 g/mol. The van der Waals surface area contributed by atoms with Gasteiger partial charge in [-0.1, -0.05) is 66.2 Å². The van der Waals surface area contributed by atoms with Crippen molar-refractivity contribution < 1.29 is 14.6 Å². The Morgan fingerprint density at radius 1 is 1.14 bits per heavy atom. The number of phenolic OH excluding ortho intramolecular Hbond substituents is 1. The average Bonchev–Trinajstić information content (AvgIpc) is 3.41. The van der Waals surface area contributed by atoms with Crippen molar-refractivity contribution in [2.45, 2.75) is 26.4 Å². The van der Waals surface area contributed by atoms with E-state index in [1.54, 1.807) is 18.2 Å².